The zero-order valence-electron chi connectivity index (χ0n) is 13.9. The average molecular weight is 389 g/mol. The Bertz CT molecular complexity index is 866. The highest BCUT2D eigenvalue weighted by Gasteiger charge is 2.37. The Balaban J connectivity index is 2.10. The summed E-state index contributed by atoms with van der Waals surface area (Å²) in [5.41, 5.74) is 1.21. The summed E-state index contributed by atoms with van der Waals surface area (Å²) >= 11 is 0.740. The normalized spacial score (nSPS) is 11.5. The maximum absolute atomic E-state index is 12.7. The van der Waals surface area contributed by atoms with Crippen LogP contribution in [0.1, 0.15) is 17.0 Å². The molecule has 2 aromatic rings. The zero-order valence-corrected chi connectivity index (χ0v) is 14.7. The van der Waals surface area contributed by atoms with E-state index in [4.69, 9.17) is 0 Å². The van der Waals surface area contributed by atoms with Gasteiger partial charge in [-0.3, -0.25) is 14.9 Å². The number of amides is 1. The van der Waals surface area contributed by atoms with Gasteiger partial charge in [-0.25, -0.2) is 0 Å². The van der Waals surface area contributed by atoms with Crippen LogP contribution in [-0.4, -0.2) is 31.3 Å². The quantitative estimate of drug-likeness (QED) is 0.479. The molecular weight excluding hydrogens is 375 g/mol. The Morgan fingerprint density at radius 3 is 2.46 bits per heavy atom. The molecule has 1 heterocycles. The van der Waals surface area contributed by atoms with Gasteiger partial charge in [-0.1, -0.05) is 11.8 Å². The number of nitrogens with one attached hydrogen (secondary N) is 1. The van der Waals surface area contributed by atoms with Gasteiger partial charge < -0.3 is 9.88 Å². The molecule has 0 radical (unpaired) electrons. The summed E-state index contributed by atoms with van der Waals surface area (Å²) in [6, 6.07) is 2.82. The van der Waals surface area contributed by atoms with Crippen LogP contribution >= 0.6 is 11.8 Å². The lowest BCUT2D eigenvalue weighted by atomic mass is 10.1. The van der Waals surface area contributed by atoms with Gasteiger partial charge in [0.25, 0.3) is 5.69 Å². The molecule has 0 fully saturated rings. The number of carbonyl (C=O) groups is 1. The summed E-state index contributed by atoms with van der Waals surface area (Å²) < 4.78 is 38.7. The van der Waals surface area contributed by atoms with Crippen molar-refractivity contribution in [2.45, 2.75) is 25.2 Å². The van der Waals surface area contributed by atoms with Crippen LogP contribution < -0.4 is 5.32 Å². The van der Waals surface area contributed by atoms with Crippen LogP contribution in [0.4, 0.5) is 24.5 Å². The highest BCUT2D eigenvalue weighted by Crippen LogP contribution is 2.30. The number of thioether (sulfide) groups is 1. The van der Waals surface area contributed by atoms with Gasteiger partial charge in [-0.15, -0.1) is 10.2 Å². The van der Waals surface area contributed by atoms with Gasteiger partial charge in [0.05, 0.1) is 10.7 Å². The van der Waals surface area contributed by atoms with Crippen LogP contribution in [0.15, 0.2) is 17.3 Å². The summed E-state index contributed by atoms with van der Waals surface area (Å²) in [5.74, 6) is -2.07. The van der Waals surface area contributed by atoms with Gasteiger partial charge in [-0.2, -0.15) is 13.2 Å². The number of nitro benzene ring substituents is 1. The first-order chi connectivity index (χ1) is 12.0. The summed E-state index contributed by atoms with van der Waals surface area (Å²) in [6.07, 6.45) is -4.65. The van der Waals surface area contributed by atoms with Crippen LogP contribution in [0.5, 0.6) is 0 Å². The van der Waals surface area contributed by atoms with E-state index in [2.05, 4.69) is 15.5 Å². The molecule has 12 heteroatoms. The number of rotatable bonds is 5. The van der Waals surface area contributed by atoms with Crippen LogP contribution in [0.25, 0.3) is 0 Å². The fraction of sp³-hybridized carbons (Fsp3) is 0.357. The molecule has 0 aliphatic carbocycles. The first-order valence-electron chi connectivity index (χ1n) is 7.15. The maximum atomic E-state index is 12.7. The molecule has 0 atom stereocenters. The van der Waals surface area contributed by atoms with E-state index in [-0.39, 0.29) is 22.3 Å². The van der Waals surface area contributed by atoms with Crippen molar-refractivity contribution in [1.29, 1.82) is 0 Å². The van der Waals surface area contributed by atoms with E-state index in [1.54, 1.807) is 13.8 Å². The summed E-state index contributed by atoms with van der Waals surface area (Å²) in [6.45, 7) is 3.44. The van der Waals surface area contributed by atoms with Crippen molar-refractivity contribution in [3.8, 4) is 0 Å². The Labute approximate surface area is 149 Å². The molecule has 0 saturated heterocycles. The van der Waals surface area contributed by atoms with Crippen molar-refractivity contribution in [2.24, 2.45) is 7.05 Å². The number of anilines is 1. The molecule has 0 unspecified atom stereocenters. The largest absolute Gasteiger partial charge is 0.451 e. The van der Waals surface area contributed by atoms with Crippen molar-refractivity contribution < 1.29 is 22.9 Å². The van der Waals surface area contributed by atoms with Gasteiger partial charge in [0.1, 0.15) is 5.69 Å². The monoisotopic (exact) mass is 389 g/mol. The van der Waals surface area contributed by atoms with Crippen molar-refractivity contribution in [3.05, 3.63) is 39.2 Å². The summed E-state index contributed by atoms with van der Waals surface area (Å²) in [7, 11) is 1.14. The second kappa shape index (κ2) is 7.32. The Kier molecular flexibility index (Phi) is 5.54. The number of hydrogen-bond acceptors (Lipinski definition) is 6. The van der Waals surface area contributed by atoms with E-state index in [0.717, 1.165) is 28.9 Å². The van der Waals surface area contributed by atoms with E-state index in [1.165, 1.54) is 12.1 Å². The smallest absolute Gasteiger partial charge is 0.320 e. The van der Waals surface area contributed by atoms with E-state index in [1.807, 2.05) is 0 Å². The fourth-order valence-corrected chi connectivity index (χ4v) is 2.77. The number of carbonyl (C=O) groups excluding carboxylic acids is 1. The second-order valence-corrected chi connectivity index (χ2v) is 6.35. The molecule has 1 N–H and O–H groups in total. The van der Waals surface area contributed by atoms with Crippen molar-refractivity contribution in [2.75, 3.05) is 11.1 Å². The first-order valence-corrected chi connectivity index (χ1v) is 8.14. The number of halogens is 3. The lowest BCUT2D eigenvalue weighted by Crippen LogP contribution is -2.16. The van der Waals surface area contributed by atoms with E-state index in [9.17, 15) is 28.1 Å². The summed E-state index contributed by atoms with van der Waals surface area (Å²) in [5, 5.41) is 19.9. The number of alkyl halides is 3. The summed E-state index contributed by atoms with van der Waals surface area (Å²) in [4.78, 5) is 22.5. The SMILES string of the molecule is Cc1cc(NC(=O)CSc2nnc(C(F)(F)F)n2C)c([N+](=O)[O-])cc1C. The highest BCUT2D eigenvalue weighted by molar-refractivity contribution is 7.99. The highest BCUT2D eigenvalue weighted by atomic mass is 32.2. The Morgan fingerprint density at radius 2 is 1.92 bits per heavy atom. The standard InChI is InChI=1S/C14H14F3N5O3S/c1-7-4-9(10(22(24)25)5-8(7)2)18-11(23)6-26-13-20-19-12(21(13)3)14(15,16)17/h4-5H,6H2,1-3H3,(H,18,23). The van der Waals surface area contributed by atoms with E-state index in [0.29, 0.717) is 5.56 Å². The molecule has 0 saturated carbocycles. The minimum absolute atomic E-state index is 0.0256. The molecule has 1 amide bonds. The van der Waals surface area contributed by atoms with Crippen molar-refractivity contribution in [1.82, 2.24) is 14.8 Å². The van der Waals surface area contributed by atoms with Gasteiger partial charge in [-0.05, 0) is 31.0 Å². The van der Waals surface area contributed by atoms with Crippen LogP contribution in [-0.2, 0) is 18.0 Å². The fourth-order valence-electron chi connectivity index (χ4n) is 2.06. The number of benzene rings is 1. The molecule has 0 aliphatic heterocycles. The van der Waals surface area contributed by atoms with Crippen LogP contribution in [0.2, 0.25) is 0 Å². The molecule has 0 bridgehead atoms. The van der Waals surface area contributed by atoms with E-state index < -0.39 is 22.8 Å². The molecule has 26 heavy (non-hydrogen) atoms. The average Bonchev–Trinajstić information content (AvgIpc) is 2.89. The van der Waals surface area contributed by atoms with Crippen molar-refractivity contribution in [3.63, 3.8) is 0 Å². The third kappa shape index (κ3) is 4.31. The second-order valence-electron chi connectivity index (χ2n) is 5.41. The maximum Gasteiger partial charge on any atom is 0.451 e. The predicted octanol–water partition coefficient (Wildman–Crippen LogP) is 3.09. The zero-order chi connectivity index (χ0) is 19.6. The van der Waals surface area contributed by atoms with Crippen molar-refractivity contribution >= 4 is 29.0 Å². The molecule has 140 valence electrons. The topological polar surface area (TPSA) is 103 Å². The Morgan fingerprint density at radius 1 is 1.31 bits per heavy atom. The predicted molar refractivity (Wildman–Crippen MR) is 87.9 cm³/mol. The number of aromatic nitrogens is 3. The number of aryl methyl sites for hydroxylation is 2. The van der Waals surface area contributed by atoms with Gasteiger partial charge in [0, 0.05) is 13.1 Å². The third-order valence-corrected chi connectivity index (χ3v) is 4.52. The van der Waals surface area contributed by atoms with Crippen LogP contribution in [0, 0.1) is 24.0 Å². The molecule has 1 aromatic carbocycles. The van der Waals surface area contributed by atoms with Gasteiger partial charge in [0.2, 0.25) is 11.7 Å². The molecule has 2 rings (SSSR count). The van der Waals surface area contributed by atoms with Crippen LogP contribution in [0.3, 0.4) is 0 Å². The minimum atomic E-state index is -4.65. The van der Waals surface area contributed by atoms with Gasteiger partial charge in [0.15, 0.2) is 5.16 Å². The third-order valence-electron chi connectivity index (χ3n) is 3.50. The van der Waals surface area contributed by atoms with Gasteiger partial charge >= 0.3 is 6.18 Å². The van der Waals surface area contributed by atoms with E-state index >= 15 is 0 Å². The lowest BCUT2D eigenvalue weighted by molar-refractivity contribution is -0.384. The minimum Gasteiger partial charge on any atom is -0.320 e. The Hall–Kier alpha value is -2.63. The molecule has 0 aliphatic rings. The number of nitro groups is 1. The molecule has 0 spiro atoms. The number of hydrogen-bond donors (Lipinski definition) is 1. The molecule has 8 nitrogen and oxygen atoms in total. The lowest BCUT2D eigenvalue weighted by Gasteiger charge is -2.09. The molecular formula is C14H14F3N5O3S. The number of nitrogens with zero attached hydrogens (tertiary/aromatic N) is 4. The molecule has 1 aromatic heterocycles. The first kappa shape index (κ1) is 19.7.